The van der Waals surface area contributed by atoms with Gasteiger partial charge in [0.05, 0.1) is 19.8 Å². The van der Waals surface area contributed by atoms with Gasteiger partial charge in [0.2, 0.25) is 0 Å². The third-order valence-electron chi connectivity index (χ3n) is 4.90. The van der Waals surface area contributed by atoms with Gasteiger partial charge in [0.25, 0.3) is 0 Å². The first-order valence-electron chi connectivity index (χ1n) is 9.00. The van der Waals surface area contributed by atoms with Crippen LogP contribution in [0.15, 0.2) is 23.2 Å². The summed E-state index contributed by atoms with van der Waals surface area (Å²) in [5, 5.41) is 21.8. The van der Waals surface area contributed by atoms with Gasteiger partial charge in [-0.05, 0) is 31.0 Å². The number of aryl methyl sites for hydroxylation is 1. The maximum Gasteiger partial charge on any atom is 0.161 e. The van der Waals surface area contributed by atoms with E-state index in [1.807, 2.05) is 51.0 Å². The highest BCUT2D eigenvalue weighted by Crippen LogP contribution is 2.38. The molecule has 1 saturated heterocycles. The van der Waals surface area contributed by atoms with E-state index in [2.05, 4.69) is 4.99 Å². The van der Waals surface area contributed by atoms with Crippen molar-refractivity contribution in [3.63, 3.8) is 0 Å². The molecule has 1 fully saturated rings. The van der Waals surface area contributed by atoms with E-state index in [4.69, 9.17) is 14.2 Å². The van der Waals surface area contributed by atoms with Gasteiger partial charge in [-0.15, -0.1) is 0 Å². The van der Waals surface area contributed by atoms with Crippen LogP contribution in [0.25, 0.3) is 0 Å². The van der Waals surface area contributed by atoms with Crippen LogP contribution in [0, 0.1) is 6.92 Å². The van der Waals surface area contributed by atoms with Crippen molar-refractivity contribution in [1.82, 2.24) is 4.90 Å². The van der Waals surface area contributed by atoms with Crippen molar-refractivity contribution in [2.45, 2.75) is 56.3 Å². The molecule has 7 nitrogen and oxygen atoms in total. The summed E-state index contributed by atoms with van der Waals surface area (Å²) in [6.45, 7) is 4.22. The van der Waals surface area contributed by atoms with Crippen molar-refractivity contribution in [3.8, 4) is 5.75 Å². The van der Waals surface area contributed by atoms with E-state index in [1.54, 1.807) is 7.11 Å². The molecule has 0 bridgehead atoms. The molecule has 0 unspecified atom stereocenters. The predicted molar refractivity (Wildman–Crippen MR) is 105 cm³/mol. The fourth-order valence-electron chi connectivity index (χ4n) is 3.33. The third-order valence-corrected chi connectivity index (χ3v) is 6.21. The van der Waals surface area contributed by atoms with E-state index in [-0.39, 0.29) is 11.5 Å². The molecule has 0 amide bonds. The van der Waals surface area contributed by atoms with Crippen LogP contribution >= 0.6 is 11.8 Å². The molecule has 6 atom stereocenters. The van der Waals surface area contributed by atoms with Crippen molar-refractivity contribution in [1.29, 1.82) is 0 Å². The first kappa shape index (κ1) is 20.4. The molecule has 0 saturated carbocycles. The van der Waals surface area contributed by atoms with Gasteiger partial charge in [-0.2, -0.15) is 0 Å². The third kappa shape index (κ3) is 4.25. The van der Waals surface area contributed by atoms with E-state index in [9.17, 15) is 10.2 Å². The standard InChI is InChI=1S/C19H28N2O5S/c1-10-8-12(6-7-13(10)24-5)9-25-11(2)17-16(23)15(22)14-18(26-17)27-19(20-14)21(3)4/h6-8,11,14-18,22-23H,9H2,1-5H3/t11-,14+,15+,16-,17+,18+/m0/s1. The molecule has 0 radical (unpaired) electrons. The molecule has 0 spiro atoms. The fraction of sp³-hybridized carbons (Fsp3) is 0.632. The van der Waals surface area contributed by atoms with Crippen molar-refractivity contribution < 1.29 is 24.4 Å². The molecule has 0 aliphatic carbocycles. The highest BCUT2D eigenvalue weighted by atomic mass is 32.2. The number of thioether (sulfide) groups is 1. The van der Waals surface area contributed by atoms with Gasteiger partial charge >= 0.3 is 0 Å². The molecular formula is C19H28N2O5S. The zero-order chi connectivity index (χ0) is 19.7. The summed E-state index contributed by atoms with van der Waals surface area (Å²) in [5.41, 5.74) is 1.73. The summed E-state index contributed by atoms with van der Waals surface area (Å²) in [6.07, 6.45) is -3.04. The number of nitrogens with zero attached hydrogens (tertiary/aromatic N) is 2. The van der Waals surface area contributed by atoms with Crippen LogP contribution in [0.4, 0.5) is 0 Å². The molecule has 0 aromatic heterocycles. The van der Waals surface area contributed by atoms with Crippen molar-refractivity contribution >= 4 is 16.9 Å². The van der Waals surface area contributed by atoms with Gasteiger partial charge in [0.1, 0.15) is 35.5 Å². The van der Waals surface area contributed by atoms with E-state index < -0.39 is 24.4 Å². The van der Waals surface area contributed by atoms with E-state index in [0.717, 1.165) is 22.0 Å². The summed E-state index contributed by atoms with van der Waals surface area (Å²) in [6, 6.07) is 5.41. The summed E-state index contributed by atoms with van der Waals surface area (Å²) >= 11 is 1.46. The minimum atomic E-state index is -1.05. The maximum absolute atomic E-state index is 10.5. The fourth-order valence-corrected chi connectivity index (χ4v) is 4.48. The number of ether oxygens (including phenoxy) is 3. The Morgan fingerprint density at radius 1 is 1.30 bits per heavy atom. The molecule has 8 heteroatoms. The van der Waals surface area contributed by atoms with Gasteiger partial charge in [0.15, 0.2) is 5.17 Å². The van der Waals surface area contributed by atoms with Crippen LogP contribution in [-0.4, -0.2) is 77.4 Å². The van der Waals surface area contributed by atoms with Gasteiger partial charge in [-0.3, -0.25) is 4.99 Å². The Morgan fingerprint density at radius 3 is 2.67 bits per heavy atom. The van der Waals surface area contributed by atoms with Gasteiger partial charge in [0, 0.05) is 14.1 Å². The lowest BCUT2D eigenvalue weighted by atomic mass is 9.95. The average molecular weight is 397 g/mol. The highest BCUT2D eigenvalue weighted by molar-refractivity contribution is 8.14. The van der Waals surface area contributed by atoms with Crippen LogP contribution in [0.1, 0.15) is 18.1 Å². The van der Waals surface area contributed by atoms with Crippen LogP contribution < -0.4 is 4.74 Å². The first-order chi connectivity index (χ1) is 12.8. The Hall–Kier alpha value is -1.32. The Kier molecular flexibility index (Phi) is 6.32. The lowest BCUT2D eigenvalue weighted by Crippen LogP contribution is -2.58. The molecular weight excluding hydrogens is 368 g/mol. The SMILES string of the molecule is COc1ccc(CO[C@@H](C)[C@H]2O[C@@H]3SC(N(C)C)=N[C@@H]3[C@@H](O)[C@@H]2O)cc1C. The number of amidine groups is 1. The minimum Gasteiger partial charge on any atom is -0.496 e. The second kappa shape index (κ2) is 8.36. The van der Waals surface area contributed by atoms with Gasteiger partial charge in [-0.1, -0.05) is 23.9 Å². The number of fused-ring (bicyclic) bond motifs is 1. The second-order valence-electron chi connectivity index (χ2n) is 7.18. The van der Waals surface area contributed by atoms with Crippen LogP contribution in [0.3, 0.4) is 0 Å². The number of hydrogen-bond donors (Lipinski definition) is 2. The zero-order valence-electron chi connectivity index (χ0n) is 16.3. The molecule has 2 N–H and O–H groups in total. The molecule has 2 aliphatic heterocycles. The highest BCUT2D eigenvalue weighted by Gasteiger charge is 2.50. The normalized spacial score (nSPS) is 31.2. The molecule has 2 heterocycles. The smallest absolute Gasteiger partial charge is 0.161 e. The van der Waals surface area contributed by atoms with Gasteiger partial charge < -0.3 is 29.3 Å². The summed E-state index contributed by atoms with van der Waals surface area (Å²) in [5.74, 6) is 0.835. The maximum atomic E-state index is 10.5. The van der Waals surface area contributed by atoms with Crippen LogP contribution in [0.5, 0.6) is 5.75 Å². The van der Waals surface area contributed by atoms with Crippen molar-refractivity contribution in [2.24, 2.45) is 4.99 Å². The van der Waals surface area contributed by atoms with Crippen molar-refractivity contribution in [2.75, 3.05) is 21.2 Å². The zero-order valence-corrected chi connectivity index (χ0v) is 17.1. The molecule has 150 valence electrons. The molecule has 3 rings (SSSR count). The van der Waals surface area contributed by atoms with Crippen LogP contribution in [-0.2, 0) is 16.1 Å². The predicted octanol–water partition coefficient (Wildman–Crippen LogP) is 1.39. The number of aliphatic hydroxyl groups is 2. The lowest BCUT2D eigenvalue weighted by Gasteiger charge is -2.40. The topological polar surface area (TPSA) is 83.8 Å². The number of aliphatic imine (C=N–C) groups is 1. The summed E-state index contributed by atoms with van der Waals surface area (Å²) in [7, 11) is 5.44. The van der Waals surface area contributed by atoms with Crippen molar-refractivity contribution in [3.05, 3.63) is 29.3 Å². The number of aliphatic hydroxyl groups excluding tert-OH is 2. The summed E-state index contributed by atoms with van der Waals surface area (Å²) < 4.78 is 17.3. The van der Waals surface area contributed by atoms with Gasteiger partial charge in [-0.25, -0.2) is 0 Å². The average Bonchev–Trinajstić information content (AvgIpc) is 3.07. The van der Waals surface area contributed by atoms with E-state index >= 15 is 0 Å². The first-order valence-corrected chi connectivity index (χ1v) is 9.88. The molecule has 1 aromatic carbocycles. The Morgan fingerprint density at radius 2 is 2.04 bits per heavy atom. The number of methoxy groups -OCH3 is 1. The minimum absolute atomic E-state index is 0.319. The Labute approximate surface area is 164 Å². The number of benzene rings is 1. The Bertz CT molecular complexity index is 699. The lowest BCUT2D eigenvalue weighted by molar-refractivity contribution is -0.193. The summed E-state index contributed by atoms with van der Waals surface area (Å²) in [4.78, 5) is 6.35. The largest absolute Gasteiger partial charge is 0.496 e. The second-order valence-corrected chi connectivity index (χ2v) is 8.25. The quantitative estimate of drug-likeness (QED) is 0.778. The molecule has 27 heavy (non-hydrogen) atoms. The van der Waals surface area contributed by atoms with E-state index in [1.165, 1.54) is 11.8 Å². The monoisotopic (exact) mass is 396 g/mol. The Balaban J connectivity index is 1.62. The molecule has 2 aliphatic rings. The van der Waals surface area contributed by atoms with E-state index in [0.29, 0.717) is 6.61 Å². The number of rotatable bonds is 5. The van der Waals surface area contributed by atoms with Crippen LogP contribution in [0.2, 0.25) is 0 Å². The number of hydrogen-bond acceptors (Lipinski definition) is 8. The molecule has 1 aromatic rings.